The number of aromatic nitrogens is 2. The Hall–Kier alpha value is -2.45. The van der Waals surface area contributed by atoms with Gasteiger partial charge in [-0.15, -0.1) is 0 Å². The van der Waals surface area contributed by atoms with E-state index in [1.807, 2.05) is 30.6 Å². The second-order valence-electron chi connectivity index (χ2n) is 9.08. The number of anilines is 1. The minimum absolute atomic E-state index is 0.446. The molecule has 170 valence electrons. The van der Waals surface area contributed by atoms with E-state index in [4.69, 9.17) is 4.74 Å². The van der Waals surface area contributed by atoms with Crippen molar-refractivity contribution in [3.63, 3.8) is 0 Å². The van der Waals surface area contributed by atoms with Gasteiger partial charge in [0.05, 0.1) is 12.9 Å². The molecule has 2 unspecified atom stereocenters. The van der Waals surface area contributed by atoms with Crippen molar-refractivity contribution in [1.29, 1.82) is 0 Å². The Balaban J connectivity index is 1.10. The molecule has 8 heteroatoms. The van der Waals surface area contributed by atoms with Crippen LogP contribution in [0.15, 0.2) is 42.7 Å². The third-order valence-corrected chi connectivity index (χ3v) is 8.33. The molecular formula is C24H30N4O3S. The Labute approximate surface area is 190 Å². The van der Waals surface area contributed by atoms with E-state index in [1.165, 1.54) is 21.7 Å². The third-order valence-electron chi connectivity index (χ3n) is 7.06. The number of piperidine rings is 1. The molecule has 0 bridgehead atoms. The maximum atomic E-state index is 11.7. The molecule has 5 rings (SSSR count). The van der Waals surface area contributed by atoms with Crippen LogP contribution >= 0.6 is 0 Å². The summed E-state index contributed by atoms with van der Waals surface area (Å²) in [6.07, 6.45) is 8.84. The molecule has 2 aliphatic heterocycles. The number of rotatable bonds is 7. The van der Waals surface area contributed by atoms with E-state index in [0.717, 1.165) is 49.8 Å². The molecule has 0 amide bonds. The van der Waals surface area contributed by atoms with Crippen molar-refractivity contribution in [3.8, 4) is 5.75 Å². The molecule has 1 aliphatic carbocycles. The van der Waals surface area contributed by atoms with Crippen LogP contribution in [0.25, 0.3) is 5.57 Å². The van der Waals surface area contributed by atoms with Crippen molar-refractivity contribution in [3.05, 3.63) is 53.9 Å². The number of hydrogen-bond acceptors (Lipinski definition) is 6. The zero-order valence-corrected chi connectivity index (χ0v) is 19.5. The van der Waals surface area contributed by atoms with Crippen LogP contribution in [-0.2, 0) is 16.4 Å². The van der Waals surface area contributed by atoms with Crippen molar-refractivity contribution in [2.75, 3.05) is 43.9 Å². The van der Waals surface area contributed by atoms with Crippen LogP contribution in [0.1, 0.15) is 24.5 Å². The predicted molar refractivity (Wildman–Crippen MR) is 125 cm³/mol. The number of hydrogen-bond donors (Lipinski definition) is 0. The molecule has 1 saturated carbocycles. The van der Waals surface area contributed by atoms with Gasteiger partial charge in [-0.2, -0.15) is 4.31 Å². The zero-order chi connectivity index (χ0) is 22.3. The van der Waals surface area contributed by atoms with Crippen LogP contribution in [-0.4, -0.2) is 61.7 Å². The third kappa shape index (κ3) is 4.38. The highest BCUT2D eigenvalue weighted by Gasteiger charge is 2.56. The van der Waals surface area contributed by atoms with Crippen molar-refractivity contribution < 1.29 is 13.2 Å². The predicted octanol–water partition coefficient (Wildman–Crippen LogP) is 2.85. The van der Waals surface area contributed by atoms with Crippen LogP contribution in [0.5, 0.6) is 5.75 Å². The molecule has 1 saturated heterocycles. The SMILES string of the molecule is CCc1cnc(N2CC3C(COc4ccc(C5=CCN(S(C)(=O)=O)CC5)cc4)C3C2)nc1. The van der Waals surface area contributed by atoms with E-state index in [2.05, 4.69) is 33.9 Å². The molecule has 1 aromatic carbocycles. The molecule has 2 fully saturated rings. The number of fused-ring (bicyclic) bond motifs is 1. The van der Waals surface area contributed by atoms with Gasteiger partial charge in [-0.3, -0.25) is 0 Å². The van der Waals surface area contributed by atoms with E-state index >= 15 is 0 Å². The Morgan fingerprint density at radius 1 is 1.09 bits per heavy atom. The van der Waals surface area contributed by atoms with E-state index < -0.39 is 10.0 Å². The number of aryl methyl sites for hydroxylation is 1. The Kier molecular flexibility index (Phi) is 5.67. The van der Waals surface area contributed by atoms with Gasteiger partial charge in [-0.25, -0.2) is 18.4 Å². The molecule has 1 aromatic heterocycles. The average Bonchev–Trinajstić information content (AvgIpc) is 3.26. The number of nitrogens with zero attached hydrogens (tertiary/aromatic N) is 4. The second kappa shape index (κ2) is 8.48. The van der Waals surface area contributed by atoms with Gasteiger partial charge in [0.25, 0.3) is 0 Å². The fourth-order valence-corrected chi connectivity index (χ4v) is 5.69. The summed E-state index contributed by atoms with van der Waals surface area (Å²) in [6.45, 7) is 5.89. The van der Waals surface area contributed by atoms with Gasteiger partial charge in [-0.05, 0) is 53.5 Å². The minimum atomic E-state index is -3.12. The number of ether oxygens (including phenoxy) is 1. The monoisotopic (exact) mass is 454 g/mol. The van der Waals surface area contributed by atoms with E-state index in [-0.39, 0.29) is 0 Å². The lowest BCUT2D eigenvalue weighted by Gasteiger charge is -2.24. The van der Waals surface area contributed by atoms with Gasteiger partial charge in [0, 0.05) is 44.5 Å². The number of benzene rings is 1. The Morgan fingerprint density at radius 2 is 1.78 bits per heavy atom. The van der Waals surface area contributed by atoms with Crippen LogP contribution in [0.2, 0.25) is 0 Å². The Bertz CT molecular complexity index is 1090. The Morgan fingerprint density at radius 3 is 2.34 bits per heavy atom. The lowest BCUT2D eigenvalue weighted by Crippen LogP contribution is -2.33. The van der Waals surface area contributed by atoms with Crippen molar-refractivity contribution in [2.24, 2.45) is 17.8 Å². The van der Waals surface area contributed by atoms with Gasteiger partial charge < -0.3 is 9.64 Å². The lowest BCUT2D eigenvalue weighted by atomic mass is 10.0. The average molecular weight is 455 g/mol. The maximum absolute atomic E-state index is 11.7. The van der Waals surface area contributed by atoms with E-state index in [1.54, 1.807) is 0 Å². The van der Waals surface area contributed by atoms with Crippen LogP contribution in [0, 0.1) is 17.8 Å². The van der Waals surface area contributed by atoms with Gasteiger partial charge in [-0.1, -0.05) is 25.1 Å². The van der Waals surface area contributed by atoms with Gasteiger partial charge >= 0.3 is 0 Å². The standard InChI is InChI=1S/C24H30N4O3S/c1-3-17-12-25-24(26-13-17)27-14-21-22(15-27)23(21)16-31-20-6-4-18(5-7-20)19-8-10-28(11-9-19)32(2,29)30/h4-8,12-13,21-23H,3,9-11,14-16H2,1-2H3. The highest BCUT2D eigenvalue weighted by molar-refractivity contribution is 7.88. The molecule has 7 nitrogen and oxygen atoms in total. The van der Waals surface area contributed by atoms with Gasteiger partial charge in [0.2, 0.25) is 16.0 Å². The normalized spacial score (nSPS) is 25.4. The molecule has 2 aromatic rings. The van der Waals surface area contributed by atoms with Gasteiger partial charge in [0.1, 0.15) is 5.75 Å². The van der Waals surface area contributed by atoms with Gasteiger partial charge in [0.15, 0.2) is 0 Å². The molecule has 32 heavy (non-hydrogen) atoms. The quantitative estimate of drug-likeness (QED) is 0.640. The first-order valence-electron chi connectivity index (χ1n) is 11.4. The molecule has 2 atom stereocenters. The van der Waals surface area contributed by atoms with Crippen molar-refractivity contribution in [2.45, 2.75) is 19.8 Å². The number of sulfonamides is 1. The summed E-state index contributed by atoms with van der Waals surface area (Å²) < 4.78 is 30.9. The second-order valence-corrected chi connectivity index (χ2v) is 11.1. The van der Waals surface area contributed by atoms with Crippen LogP contribution in [0.4, 0.5) is 5.95 Å². The molecule has 3 heterocycles. The summed E-state index contributed by atoms with van der Waals surface area (Å²) in [5, 5.41) is 0. The summed E-state index contributed by atoms with van der Waals surface area (Å²) in [7, 11) is -3.12. The molecule has 3 aliphatic rings. The first kappa shape index (κ1) is 21.4. The van der Waals surface area contributed by atoms with Crippen molar-refractivity contribution >= 4 is 21.5 Å². The van der Waals surface area contributed by atoms with Crippen molar-refractivity contribution in [1.82, 2.24) is 14.3 Å². The lowest BCUT2D eigenvalue weighted by molar-refractivity contribution is 0.283. The molecule has 0 radical (unpaired) electrons. The smallest absolute Gasteiger partial charge is 0.225 e. The first-order chi connectivity index (χ1) is 15.4. The maximum Gasteiger partial charge on any atom is 0.225 e. The highest BCUT2D eigenvalue weighted by Crippen LogP contribution is 2.52. The summed E-state index contributed by atoms with van der Waals surface area (Å²) in [5.74, 6) is 3.70. The van der Waals surface area contributed by atoms with E-state index in [9.17, 15) is 8.42 Å². The fraction of sp³-hybridized carbons (Fsp3) is 0.500. The van der Waals surface area contributed by atoms with Crippen LogP contribution < -0.4 is 9.64 Å². The molecule has 0 spiro atoms. The highest BCUT2D eigenvalue weighted by atomic mass is 32.2. The first-order valence-corrected chi connectivity index (χ1v) is 13.2. The van der Waals surface area contributed by atoms with E-state index in [0.29, 0.717) is 30.8 Å². The summed E-state index contributed by atoms with van der Waals surface area (Å²) in [4.78, 5) is 11.3. The summed E-state index contributed by atoms with van der Waals surface area (Å²) in [5.41, 5.74) is 3.51. The minimum Gasteiger partial charge on any atom is -0.493 e. The zero-order valence-electron chi connectivity index (χ0n) is 18.6. The molecule has 0 N–H and O–H groups in total. The fourth-order valence-electron chi connectivity index (χ4n) is 4.93. The summed E-state index contributed by atoms with van der Waals surface area (Å²) in [6, 6.07) is 8.19. The topological polar surface area (TPSA) is 75.6 Å². The molecular weight excluding hydrogens is 424 g/mol. The largest absolute Gasteiger partial charge is 0.493 e. The van der Waals surface area contributed by atoms with Crippen LogP contribution in [0.3, 0.4) is 0 Å². The summed E-state index contributed by atoms with van der Waals surface area (Å²) >= 11 is 0.